The lowest BCUT2D eigenvalue weighted by atomic mass is 10.2. The SMILES string of the molecule is CN(CCc1ccccc1)S(C)(=O)=O.O=S(=O)(Cl)Cl. The van der Waals surface area contributed by atoms with E-state index in [1.807, 2.05) is 30.3 Å². The van der Waals surface area contributed by atoms with Gasteiger partial charge in [0.25, 0.3) is 0 Å². The molecule has 0 aromatic heterocycles. The third kappa shape index (κ3) is 12.4. The summed E-state index contributed by atoms with van der Waals surface area (Å²) in [4.78, 5) is 0. The molecular weight excluding hydrogens is 333 g/mol. The van der Waals surface area contributed by atoms with Gasteiger partial charge in [0.05, 0.1) is 6.26 Å². The number of likely N-dealkylation sites (N-methyl/N-ethyl adjacent to an activating group) is 1. The maximum atomic E-state index is 11.1. The Labute approximate surface area is 123 Å². The normalized spacial score (nSPS) is 11.8. The van der Waals surface area contributed by atoms with Gasteiger partial charge in [-0.1, -0.05) is 30.3 Å². The molecule has 0 saturated heterocycles. The zero-order valence-corrected chi connectivity index (χ0v) is 13.6. The number of halogens is 2. The summed E-state index contributed by atoms with van der Waals surface area (Å²) in [6, 6.07) is 9.85. The number of rotatable bonds is 4. The van der Waals surface area contributed by atoms with Crippen LogP contribution in [0.3, 0.4) is 0 Å². The lowest BCUT2D eigenvalue weighted by molar-refractivity contribution is 0.478. The van der Waals surface area contributed by atoms with Gasteiger partial charge < -0.3 is 0 Å². The quantitative estimate of drug-likeness (QED) is 0.779. The Hall–Kier alpha value is -0.340. The van der Waals surface area contributed by atoms with Gasteiger partial charge in [-0.3, -0.25) is 0 Å². The molecule has 0 fully saturated rings. The van der Waals surface area contributed by atoms with E-state index in [4.69, 9.17) is 8.42 Å². The van der Waals surface area contributed by atoms with E-state index in [0.717, 1.165) is 12.0 Å². The molecule has 0 aliphatic rings. The van der Waals surface area contributed by atoms with Gasteiger partial charge in [0.1, 0.15) is 0 Å². The Balaban J connectivity index is 0.000000555. The standard InChI is InChI=1S/C10H15NO2S.Cl2O2S/c1-11(14(2,12)13)9-8-10-6-4-3-5-7-10;1-5(2,3)4/h3-7H,8-9H2,1-2H3;. The summed E-state index contributed by atoms with van der Waals surface area (Å²) < 4.78 is 41.8. The molecule has 9 heteroatoms. The molecule has 19 heavy (non-hydrogen) atoms. The van der Waals surface area contributed by atoms with Crippen LogP contribution in [0.2, 0.25) is 0 Å². The highest BCUT2D eigenvalue weighted by molar-refractivity contribution is 8.31. The minimum absolute atomic E-state index is 0.531. The van der Waals surface area contributed by atoms with Crippen molar-refractivity contribution in [2.24, 2.45) is 0 Å². The molecular formula is C10H15Cl2NO4S2. The highest BCUT2D eigenvalue weighted by Crippen LogP contribution is 2.02. The summed E-state index contributed by atoms with van der Waals surface area (Å²) in [7, 11) is 3.37. The summed E-state index contributed by atoms with van der Waals surface area (Å²) in [6.45, 7) is 0.531. The first kappa shape index (κ1) is 18.7. The van der Waals surface area contributed by atoms with Gasteiger partial charge in [0.15, 0.2) is 0 Å². The van der Waals surface area contributed by atoms with Crippen LogP contribution in [-0.4, -0.2) is 41.0 Å². The fourth-order valence-electron chi connectivity index (χ4n) is 1.10. The molecule has 0 radical (unpaired) electrons. The van der Waals surface area contributed by atoms with Gasteiger partial charge in [-0.15, -0.1) is 0 Å². The van der Waals surface area contributed by atoms with Crippen LogP contribution in [0.15, 0.2) is 30.3 Å². The summed E-state index contributed by atoms with van der Waals surface area (Å²) >= 11 is 0. The molecule has 0 aliphatic carbocycles. The molecule has 0 bridgehead atoms. The molecule has 1 rings (SSSR count). The molecule has 1 aromatic carbocycles. The number of benzene rings is 1. The Kier molecular flexibility index (Phi) is 7.92. The Morgan fingerprint density at radius 3 is 1.84 bits per heavy atom. The highest BCUT2D eigenvalue weighted by atomic mass is 36.0. The highest BCUT2D eigenvalue weighted by Gasteiger charge is 2.09. The molecule has 0 saturated carbocycles. The monoisotopic (exact) mass is 347 g/mol. The van der Waals surface area contributed by atoms with E-state index >= 15 is 0 Å². The van der Waals surface area contributed by atoms with Crippen LogP contribution in [-0.2, 0) is 24.7 Å². The minimum atomic E-state index is -3.72. The van der Waals surface area contributed by atoms with Crippen molar-refractivity contribution in [2.45, 2.75) is 6.42 Å². The second-order valence-electron chi connectivity index (χ2n) is 3.70. The van der Waals surface area contributed by atoms with E-state index in [9.17, 15) is 8.42 Å². The third-order valence-corrected chi connectivity index (χ3v) is 3.44. The van der Waals surface area contributed by atoms with E-state index in [1.165, 1.54) is 10.6 Å². The topological polar surface area (TPSA) is 71.5 Å². The molecule has 0 heterocycles. The summed E-state index contributed by atoms with van der Waals surface area (Å²) in [5, 5.41) is 0. The number of nitrogens with zero attached hydrogens (tertiary/aromatic N) is 1. The van der Waals surface area contributed by atoms with E-state index in [2.05, 4.69) is 21.4 Å². The van der Waals surface area contributed by atoms with Gasteiger partial charge in [-0.25, -0.2) is 12.7 Å². The van der Waals surface area contributed by atoms with E-state index in [1.54, 1.807) is 7.05 Å². The average molecular weight is 348 g/mol. The van der Waals surface area contributed by atoms with Gasteiger partial charge in [0, 0.05) is 35.0 Å². The molecule has 110 valence electrons. The van der Waals surface area contributed by atoms with Crippen molar-refractivity contribution in [1.82, 2.24) is 4.31 Å². The largest absolute Gasteiger partial charge is 0.317 e. The van der Waals surface area contributed by atoms with E-state index in [0.29, 0.717) is 6.54 Å². The summed E-state index contributed by atoms with van der Waals surface area (Å²) in [5.74, 6) is 0. The maximum absolute atomic E-state index is 11.1. The summed E-state index contributed by atoms with van der Waals surface area (Å²) in [6.07, 6.45) is 1.97. The minimum Gasteiger partial charge on any atom is -0.213 e. The van der Waals surface area contributed by atoms with Crippen LogP contribution < -0.4 is 0 Å². The van der Waals surface area contributed by atoms with Gasteiger partial charge in [-0.2, -0.15) is 8.42 Å². The van der Waals surface area contributed by atoms with Crippen LogP contribution >= 0.6 is 21.4 Å². The Bertz CT molecular complexity index is 565. The van der Waals surface area contributed by atoms with Crippen LogP contribution in [0.5, 0.6) is 0 Å². The van der Waals surface area contributed by atoms with E-state index < -0.39 is 18.3 Å². The molecule has 0 amide bonds. The van der Waals surface area contributed by atoms with E-state index in [-0.39, 0.29) is 0 Å². The Morgan fingerprint density at radius 1 is 1.05 bits per heavy atom. The van der Waals surface area contributed by atoms with Crippen molar-refractivity contribution in [3.63, 3.8) is 0 Å². The fraction of sp³-hybridized carbons (Fsp3) is 0.400. The smallest absolute Gasteiger partial charge is 0.213 e. The molecule has 0 atom stereocenters. The van der Waals surface area contributed by atoms with Crippen molar-refractivity contribution in [3.05, 3.63) is 35.9 Å². The average Bonchev–Trinajstić information content (AvgIpc) is 2.23. The predicted octanol–water partition coefficient (Wildman–Crippen LogP) is 1.83. The molecule has 0 N–H and O–H groups in total. The third-order valence-electron chi connectivity index (χ3n) is 2.12. The molecule has 0 aliphatic heterocycles. The van der Waals surface area contributed by atoms with Crippen molar-refractivity contribution in [2.75, 3.05) is 19.8 Å². The van der Waals surface area contributed by atoms with Gasteiger partial charge >= 0.3 is 8.26 Å². The first-order chi connectivity index (χ1) is 8.50. The van der Waals surface area contributed by atoms with Crippen molar-refractivity contribution < 1.29 is 16.8 Å². The Morgan fingerprint density at radius 2 is 1.47 bits per heavy atom. The van der Waals surface area contributed by atoms with Crippen LogP contribution in [0.25, 0.3) is 0 Å². The molecule has 0 spiro atoms. The van der Waals surface area contributed by atoms with Crippen molar-refractivity contribution in [1.29, 1.82) is 0 Å². The van der Waals surface area contributed by atoms with Crippen LogP contribution in [0.4, 0.5) is 0 Å². The van der Waals surface area contributed by atoms with Crippen LogP contribution in [0.1, 0.15) is 5.56 Å². The number of hydrogen-bond acceptors (Lipinski definition) is 4. The van der Waals surface area contributed by atoms with Gasteiger partial charge in [-0.05, 0) is 12.0 Å². The zero-order valence-electron chi connectivity index (χ0n) is 10.5. The maximum Gasteiger partial charge on any atom is 0.317 e. The zero-order chi connectivity index (χ0) is 15.1. The molecule has 0 unspecified atom stereocenters. The lowest BCUT2D eigenvalue weighted by Gasteiger charge is -2.13. The lowest BCUT2D eigenvalue weighted by Crippen LogP contribution is -2.27. The van der Waals surface area contributed by atoms with Crippen molar-refractivity contribution >= 4 is 39.7 Å². The number of sulfonamides is 1. The molecule has 5 nitrogen and oxygen atoms in total. The number of hydrogen-bond donors (Lipinski definition) is 0. The fourth-order valence-corrected chi connectivity index (χ4v) is 1.52. The summed E-state index contributed by atoms with van der Waals surface area (Å²) in [5.41, 5.74) is 1.16. The molecule has 1 aromatic rings. The first-order valence-electron chi connectivity index (χ1n) is 5.09. The predicted molar refractivity (Wildman–Crippen MR) is 78.2 cm³/mol. The second-order valence-corrected chi connectivity index (χ2v) is 9.46. The van der Waals surface area contributed by atoms with Crippen molar-refractivity contribution in [3.8, 4) is 0 Å². The van der Waals surface area contributed by atoms with Gasteiger partial charge in [0.2, 0.25) is 10.0 Å². The second kappa shape index (κ2) is 8.06. The first-order valence-corrected chi connectivity index (χ1v) is 10.1. The van der Waals surface area contributed by atoms with Crippen LogP contribution in [0, 0.1) is 0 Å².